The highest BCUT2D eigenvalue weighted by Crippen LogP contribution is 2.38. The summed E-state index contributed by atoms with van der Waals surface area (Å²) in [6, 6.07) is 7.37. The highest BCUT2D eigenvalue weighted by molar-refractivity contribution is 7.09. The smallest absolute Gasteiger partial charge is 0.254 e. The van der Waals surface area contributed by atoms with Crippen LogP contribution in [0.4, 0.5) is 0 Å². The second kappa shape index (κ2) is 7.87. The normalized spacial score (nSPS) is 10.3. The topological polar surface area (TPSA) is 48.0 Å². The van der Waals surface area contributed by atoms with Gasteiger partial charge in [0.05, 0.1) is 27.9 Å². The molecule has 0 bridgehead atoms. The Morgan fingerprint density at radius 1 is 1.13 bits per heavy atom. The largest absolute Gasteiger partial charge is 0.493 e. The van der Waals surface area contributed by atoms with E-state index in [1.54, 1.807) is 28.4 Å². The lowest BCUT2D eigenvalue weighted by molar-refractivity contribution is 0.0753. The first-order chi connectivity index (χ1) is 11.1. The molecule has 2 aromatic rings. The van der Waals surface area contributed by atoms with E-state index in [-0.39, 0.29) is 5.91 Å². The van der Waals surface area contributed by atoms with Crippen molar-refractivity contribution < 1.29 is 19.0 Å². The zero-order valence-electron chi connectivity index (χ0n) is 13.8. The van der Waals surface area contributed by atoms with Crippen LogP contribution in [-0.4, -0.2) is 38.7 Å². The summed E-state index contributed by atoms with van der Waals surface area (Å²) in [4.78, 5) is 15.7. The fourth-order valence-corrected chi connectivity index (χ4v) is 3.02. The number of hydrogen-bond donors (Lipinski definition) is 0. The van der Waals surface area contributed by atoms with Crippen molar-refractivity contribution in [3.05, 3.63) is 40.1 Å². The number of thiophene rings is 1. The van der Waals surface area contributed by atoms with E-state index in [9.17, 15) is 4.79 Å². The number of amides is 1. The SMILES string of the molecule is CCN(Cc1cccs1)C(=O)c1cc(OC)c(OC)c(OC)c1. The molecule has 0 aliphatic heterocycles. The summed E-state index contributed by atoms with van der Waals surface area (Å²) in [5.74, 6) is 1.36. The van der Waals surface area contributed by atoms with Crippen LogP contribution in [0.25, 0.3) is 0 Å². The number of methoxy groups -OCH3 is 3. The van der Waals surface area contributed by atoms with Crippen molar-refractivity contribution in [1.29, 1.82) is 0 Å². The number of nitrogens with zero attached hydrogens (tertiary/aromatic N) is 1. The lowest BCUT2D eigenvalue weighted by Crippen LogP contribution is -2.30. The van der Waals surface area contributed by atoms with Gasteiger partial charge in [0.25, 0.3) is 5.91 Å². The second-order valence-electron chi connectivity index (χ2n) is 4.81. The Bertz CT molecular complexity index is 630. The molecule has 124 valence electrons. The fourth-order valence-electron chi connectivity index (χ4n) is 2.31. The first-order valence-electron chi connectivity index (χ1n) is 7.26. The summed E-state index contributed by atoms with van der Waals surface area (Å²) in [7, 11) is 4.61. The highest BCUT2D eigenvalue weighted by atomic mass is 32.1. The Morgan fingerprint density at radius 3 is 2.22 bits per heavy atom. The first-order valence-corrected chi connectivity index (χ1v) is 8.14. The van der Waals surface area contributed by atoms with Crippen molar-refractivity contribution >= 4 is 17.2 Å². The summed E-state index contributed by atoms with van der Waals surface area (Å²) < 4.78 is 15.9. The molecule has 0 atom stereocenters. The van der Waals surface area contributed by atoms with Crippen LogP contribution < -0.4 is 14.2 Å². The molecule has 0 spiro atoms. The molecule has 0 saturated carbocycles. The monoisotopic (exact) mass is 335 g/mol. The molecule has 23 heavy (non-hydrogen) atoms. The molecular formula is C17H21NO4S. The molecule has 2 rings (SSSR count). The molecule has 0 aliphatic carbocycles. The lowest BCUT2D eigenvalue weighted by Gasteiger charge is -2.21. The third-order valence-corrected chi connectivity index (χ3v) is 4.37. The number of hydrogen-bond acceptors (Lipinski definition) is 5. The Balaban J connectivity index is 2.33. The number of benzene rings is 1. The van der Waals surface area contributed by atoms with Crippen molar-refractivity contribution in [1.82, 2.24) is 4.90 Å². The fraction of sp³-hybridized carbons (Fsp3) is 0.353. The van der Waals surface area contributed by atoms with Gasteiger partial charge in [-0.15, -0.1) is 11.3 Å². The Hall–Kier alpha value is -2.21. The Labute approximate surface area is 140 Å². The first kappa shape index (κ1) is 17.1. The van der Waals surface area contributed by atoms with Crippen molar-refractivity contribution in [2.45, 2.75) is 13.5 Å². The van der Waals surface area contributed by atoms with E-state index in [0.717, 1.165) is 4.88 Å². The third kappa shape index (κ3) is 3.76. The maximum atomic E-state index is 12.8. The molecular weight excluding hydrogens is 314 g/mol. The van der Waals surface area contributed by atoms with Crippen LogP contribution in [0.1, 0.15) is 22.2 Å². The minimum atomic E-state index is -0.0693. The standard InChI is InChI=1S/C17H21NO4S/c1-5-18(11-13-7-6-8-23-13)17(19)12-9-14(20-2)16(22-4)15(10-12)21-3/h6-10H,5,11H2,1-4H3. The van der Waals surface area contributed by atoms with Gasteiger partial charge < -0.3 is 19.1 Å². The Kier molecular flexibility index (Phi) is 5.87. The van der Waals surface area contributed by atoms with E-state index in [1.807, 2.05) is 24.4 Å². The molecule has 1 aromatic heterocycles. The molecule has 0 aliphatic rings. The van der Waals surface area contributed by atoms with Gasteiger partial charge in [0, 0.05) is 17.0 Å². The lowest BCUT2D eigenvalue weighted by atomic mass is 10.1. The maximum absolute atomic E-state index is 12.8. The van der Waals surface area contributed by atoms with Crippen LogP contribution >= 0.6 is 11.3 Å². The molecule has 1 aromatic carbocycles. The molecule has 5 nitrogen and oxygen atoms in total. The van der Waals surface area contributed by atoms with Crippen molar-refractivity contribution in [2.24, 2.45) is 0 Å². The predicted molar refractivity (Wildman–Crippen MR) is 90.8 cm³/mol. The minimum Gasteiger partial charge on any atom is -0.493 e. The highest BCUT2D eigenvalue weighted by Gasteiger charge is 2.20. The molecule has 0 N–H and O–H groups in total. The summed E-state index contributed by atoms with van der Waals surface area (Å²) in [5.41, 5.74) is 0.512. The quantitative estimate of drug-likeness (QED) is 0.778. The van der Waals surface area contributed by atoms with E-state index in [1.165, 1.54) is 21.3 Å². The summed E-state index contributed by atoms with van der Waals surface area (Å²) in [5, 5.41) is 2.01. The third-order valence-electron chi connectivity index (χ3n) is 3.51. The van der Waals surface area contributed by atoms with Crippen LogP contribution in [0.2, 0.25) is 0 Å². The average Bonchev–Trinajstić information content (AvgIpc) is 3.10. The summed E-state index contributed by atoms with van der Waals surface area (Å²) in [6.07, 6.45) is 0. The van der Waals surface area contributed by atoms with Crippen molar-refractivity contribution in [3.8, 4) is 17.2 Å². The van der Waals surface area contributed by atoms with E-state index in [0.29, 0.717) is 35.9 Å². The van der Waals surface area contributed by atoms with Crippen molar-refractivity contribution in [2.75, 3.05) is 27.9 Å². The van der Waals surface area contributed by atoms with Crippen LogP contribution in [0, 0.1) is 0 Å². The van der Waals surface area contributed by atoms with Gasteiger partial charge >= 0.3 is 0 Å². The Morgan fingerprint density at radius 2 is 1.78 bits per heavy atom. The van der Waals surface area contributed by atoms with Gasteiger partial charge in [-0.3, -0.25) is 4.79 Å². The van der Waals surface area contributed by atoms with E-state index in [4.69, 9.17) is 14.2 Å². The van der Waals surface area contributed by atoms with Crippen LogP contribution in [0.5, 0.6) is 17.2 Å². The van der Waals surface area contributed by atoms with Gasteiger partial charge in [-0.1, -0.05) is 6.07 Å². The predicted octanol–water partition coefficient (Wildman–Crippen LogP) is 3.44. The summed E-state index contributed by atoms with van der Waals surface area (Å²) >= 11 is 1.64. The van der Waals surface area contributed by atoms with Crippen LogP contribution in [0.15, 0.2) is 29.6 Å². The molecule has 1 heterocycles. The number of ether oxygens (including phenoxy) is 3. The molecule has 0 unspecified atom stereocenters. The van der Waals surface area contributed by atoms with Crippen LogP contribution in [-0.2, 0) is 6.54 Å². The van der Waals surface area contributed by atoms with Crippen molar-refractivity contribution in [3.63, 3.8) is 0 Å². The molecule has 0 radical (unpaired) electrons. The van der Waals surface area contributed by atoms with Gasteiger partial charge in [-0.25, -0.2) is 0 Å². The zero-order chi connectivity index (χ0) is 16.8. The second-order valence-corrected chi connectivity index (χ2v) is 5.84. The molecule has 0 fully saturated rings. The van der Waals surface area contributed by atoms with Gasteiger partial charge in [-0.05, 0) is 30.5 Å². The van der Waals surface area contributed by atoms with Gasteiger partial charge in [0.1, 0.15) is 0 Å². The van der Waals surface area contributed by atoms with Gasteiger partial charge in [0.15, 0.2) is 11.5 Å². The summed E-state index contributed by atoms with van der Waals surface area (Å²) in [6.45, 7) is 3.17. The number of carbonyl (C=O) groups excluding carboxylic acids is 1. The van der Waals surface area contributed by atoms with E-state index >= 15 is 0 Å². The molecule has 0 saturated heterocycles. The molecule has 6 heteroatoms. The van der Waals surface area contributed by atoms with Crippen LogP contribution in [0.3, 0.4) is 0 Å². The van der Waals surface area contributed by atoms with Gasteiger partial charge in [-0.2, -0.15) is 0 Å². The zero-order valence-corrected chi connectivity index (χ0v) is 14.6. The van der Waals surface area contributed by atoms with E-state index in [2.05, 4.69) is 0 Å². The van der Waals surface area contributed by atoms with E-state index < -0.39 is 0 Å². The molecule has 1 amide bonds. The number of carbonyl (C=O) groups is 1. The van der Waals surface area contributed by atoms with Gasteiger partial charge in [0.2, 0.25) is 5.75 Å². The number of rotatable bonds is 7. The maximum Gasteiger partial charge on any atom is 0.254 e. The minimum absolute atomic E-state index is 0.0693. The average molecular weight is 335 g/mol.